The molecule has 5 heteroatoms. The number of para-hydroxylation sites is 1. The van der Waals surface area contributed by atoms with Crippen molar-refractivity contribution >= 4 is 16.7 Å². The number of pyridine rings is 2. The van der Waals surface area contributed by atoms with Gasteiger partial charge in [0, 0.05) is 18.1 Å². The van der Waals surface area contributed by atoms with Gasteiger partial charge in [-0.2, -0.15) is 5.26 Å². The summed E-state index contributed by atoms with van der Waals surface area (Å²) in [5, 5.41) is 10.7. The molecule has 3 heterocycles. The lowest BCUT2D eigenvalue weighted by atomic mass is 10.0. The van der Waals surface area contributed by atoms with Gasteiger partial charge in [0.15, 0.2) is 0 Å². The number of nitrogens with zero attached hydrogens (tertiary/aromatic N) is 4. The van der Waals surface area contributed by atoms with Gasteiger partial charge in [-0.25, -0.2) is 4.98 Å². The first-order valence-electron chi connectivity index (χ1n) is 8.35. The third-order valence-electron chi connectivity index (χ3n) is 4.63. The fourth-order valence-corrected chi connectivity index (χ4v) is 3.31. The number of aromatic nitrogens is 2. The highest BCUT2D eigenvalue weighted by Crippen LogP contribution is 2.31. The van der Waals surface area contributed by atoms with Gasteiger partial charge in [-0.05, 0) is 30.7 Å². The molecule has 5 nitrogen and oxygen atoms in total. The number of ether oxygens (including phenoxy) is 1. The van der Waals surface area contributed by atoms with E-state index < -0.39 is 0 Å². The van der Waals surface area contributed by atoms with E-state index in [-0.39, 0.29) is 6.10 Å². The lowest BCUT2D eigenvalue weighted by molar-refractivity contribution is 0.0368. The van der Waals surface area contributed by atoms with Gasteiger partial charge in [0.05, 0.1) is 29.9 Å². The van der Waals surface area contributed by atoms with E-state index in [1.807, 2.05) is 49.4 Å². The molecule has 0 aliphatic carbocycles. The molecule has 0 spiro atoms. The zero-order valence-electron chi connectivity index (χ0n) is 14.0. The van der Waals surface area contributed by atoms with Crippen LogP contribution in [0, 0.1) is 18.3 Å². The Morgan fingerprint density at radius 1 is 1.20 bits per heavy atom. The summed E-state index contributed by atoms with van der Waals surface area (Å²) in [6.07, 6.45) is 1.66. The highest BCUT2D eigenvalue weighted by molar-refractivity contribution is 5.87. The molecule has 0 bridgehead atoms. The Bertz CT molecular complexity index is 949. The van der Waals surface area contributed by atoms with Crippen LogP contribution in [-0.4, -0.2) is 29.7 Å². The van der Waals surface area contributed by atoms with E-state index in [0.717, 1.165) is 28.0 Å². The molecule has 25 heavy (non-hydrogen) atoms. The smallest absolute Gasteiger partial charge is 0.147 e. The van der Waals surface area contributed by atoms with Gasteiger partial charge in [-0.1, -0.05) is 24.3 Å². The monoisotopic (exact) mass is 330 g/mol. The maximum Gasteiger partial charge on any atom is 0.147 e. The average Bonchev–Trinajstić information content (AvgIpc) is 2.69. The van der Waals surface area contributed by atoms with E-state index in [4.69, 9.17) is 9.72 Å². The highest BCUT2D eigenvalue weighted by Gasteiger charge is 2.26. The lowest BCUT2D eigenvalue weighted by Gasteiger charge is -2.34. The quantitative estimate of drug-likeness (QED) is 0.721. The van der Waals surface area contributed by atoms with Gasteiger partial charge in [0.25, 0.3) is 0 Å². The van der Waals surface area contributed by atoms with Crippen LogP contribution in [0.3, 0.4) is 0 Å². The van der Waals surface area contributed by atoms with Crippen LogP contribution in [0.2, 0.25) is 0 Å². The van der Waals surface area contributed by atoms with Gasteiger partial charge in [-0.15, -0.1) is 0 Å². The van der Waals surface area contributed by atoms with E-state index in [9.17, 15) is 5.26 Å². The summed E-state index contributed by atoms with van der Waals surface area (Å²) < 4.78 is 5.89. The predicted octanol–water partition coefficient (Wildman–Crippen LogP) is 3.39. The van der Waals surface area contributed by atoms with Gasteiger partial charge in [0.1, 0.15) is 18.0 Å². The summed E-state index contributed by atoms with van der Waals surface area (Å²) in [5.41, 5.74) is 3.43. The van der Waals surface area contributed by atoms with Crippen molar-refractivity contribution in [3.8, 4) is 6.07 Å². The molecule has 1 aliphatic heterocycles. The van der Waals surface area contributed by atoms with Crippen molar-refractivity contribution < 1.29 is 4.74 Å². The zero-order valence-corrected chi connectivity index (χ0v) is 14.0. The van der Waals surface area contributed by atoms with E-state index in [1.54, 1.807) is 6.20 Å². The second-order valence-corrected chi connectivity index (χ2v) is 6.12. The molecule has 1 saturated heterocycles. The first-order valence-corrected chi connectivity index (χ1v) is 8.35. The number of fused-ring (bicyclic) bond motifs is 1. The maximum absolute atomic E-state index is 9.71. The Morgan fingerprint density at radius 3 is 2.84 bits per heavy atom. The molecule has 124 valence electrons. The lowest BCUT2D eigenvalue weighted by Crippen LogP contribution is -2.39. The van der Waals surface area contributed by atoms with Crippen molar-refractivity contribution in [1.82, 2.24) is 9.97 Å². The highest BCUT2D eigenvalue weighted by atomic mass is 16.5. The largest absolute Gasteiger partial charge is 0.368 e. The van der Waals surface area contributed by atoms with Crippen molar-refractivity contribution in [3.05, 3.63) is 65.5 Å². The second-order valence-electron chi connectivity index (χ2n) is 6.12. The van der Waals surface area contributed by atoms with Crippen LogP contribution in [-0.2, 0) is 4.74 Å². The van der Waals surface area contributed by atoms with Crippen LogP contribution < -0.4 is 4.90 Å². The van der Waals surface area contributed by atoms with Crippen LogP contribution in [0.5, 0.6) is 0 Å². The van der Waals surface area contributed by atoms with Crippen molar-refractivity contribution in [2.45, 2.75) is 13.0 Å². The van der Waals surface area contributed by atoms with Crippen molar-refractivity contribution in [2.24, 2.45) is 0 Å². The second kappa shape index (κ2) is 6.50. The summed E-state index contributed by atoms with van der Waals surface area (Å²) in [7, 11) is 0. The topological polar surface area (TPSA) is 62.0 Å². The number of aryl methyl sites for hydroxylation is 1. The molecule has 0 amide bonds. The minimum Gasteiger partial charge on any atom is -0.368 e. The first-order chi connectivity index (χ1) is 12.3. The molecule has 1 aromatic carbocycles. The van der Waals surface area contributed by atoms with Gasteiger partial charge in [-0.3, -0.25) is 4.98 Å². The Hall–Kier alpha value is -2.97. The molecule has 0 saturated carbocycles. The molecule has 1 unspecified atom stereocenters. The molecular formula is C20H18N4O. The molecule has 2 aromatic heterocycles. The summed E-state index contributed by atoms with van der Waals surface area (Å²) in [6, 6.07) is 16.1. The van der Waals surface area contributed by atoms with Gasteiger partial charge < -0.3 is 9.64 Å². The Labute approximate surface area is 146 Å². The number of morpholine rings is 1. The van der Waals surface area contributed by atoms with Gasteiger partial charge in [0.2, 0.25) is 0 Å². The van der Waals surface area contributed by atoms with Crippen molar-refractivity contribution in [3.63, 3.8) is 0 Å². The minimum absolute atomic E-state index is 0.116. The maximum atomic E-state index is 9.71. The molecule has 0 N–H and O–H groups in total. The van der Waals surface area contributed by atoms with Crippen LogP contribution >= 0.6 is 0 Å². The SMILES string of the molecule is Cc1c(C#N)c(N2CCOC(c3ccccn3)C2)nc2ccccc12. The first kappa shape index (κ1) is 15.6. The zero-order chi connectivity index (χ0) is 17.2. The Balaban J connectivity index is 1.75. The van der Waals surface area contributed by atoms with Crippen molar-refractivity contribution in [1.29, 1.82) is 5.26 Å². The molecule has 4 rings (SSSR count). The van der Waals surface area contributed by atoms with Crippen molar-refractivity contribution in [2.75, 3.05) is 24.6 Å². The van der Waals surface area contributed by atoms with Crippen LogP contribution in [0.25, 0.3) is 10.9 Å². The van der Waals surface area contributed by atoms with E-state index in [0.29, 0.717) is 25.3 Å². The molecule has 0 radical (unpaired) electrons. The molecule has 1 aliphatic rings. The summed E-state index contributed by atoms with van der Waals surface area (Å²) in [5.74, 6) is 0.739. The van der Waals surface area contributed by atoms with Crippen LogP contribution in [0.4, 0.5) is 5.82 Å². The fourth-order valence-electron chi connectivity index (χ4n) is 3.31. The summed E-state index contributed by atoms with van der Waals surface area (Å²) in [4.78, 5) is 11.3. The minimum atomic E-state index is -0.116. The molecule has 3 aromatic rings. The molecule has 1 atom stereocenters. The van der Waals surface area contributed by atoms with E-state index >= 15 is 0 Å². The standard InChI is InChI=1S/C20H18N4O/c1-14-15-6-2-3-7-17(15)23-20(16(14)12-21)24-10-11-25-19(13-24)18-8-4-5-9-22-18/h2-9,19H,10-11,13H2,1H3. The predicted molar refractivity (Wildman–Crippen MR) is 96.3 cm³/mol. The molecule has 1 fully saturated rings. The number of hydrogen-bond donors (Lipinski definition) is 0. The van der Waals surface area contributed by atoms with Gasteiger partial charge >= 0.3 is 0 Å². The number of hydrogen-bond acceptors (Lipinski definition) is 5. The fraction of sp³-hybridized carbons (Fsp3) is 0.250. The Morgan fingerprint density at radius 2 is 2.04 bits per heavy atom. The van der Waals surface area contributed by atoms with E-state index in [1.165, 1.54) is 0 Å². The number of rotatable bonds is 2. The van der Waals surface area contributed by atoms with Crippen LogP contribution in [0.1, 0.15) is 22.9 Å². The van der Waals surface area contributed by atoms with Crippen LogP contribution in [0.15, 0.2) is 48.7 Å². The average molecular weight is 330 g/mol. The normalized spacial score (nSPS) is 17.4. The Kier molecular flexibility index (Phi) is 4.04. The third-order valence-corrected chi connectivity index (χ3v) is 4.63. The molecular weight excluding hydrogens is 312 g/mol. The number of benzene rings is 1. The van der Waals surface area contributed by atoms with E-state index in [2.05, 4.69) is 16.0 Å². The third kappa shape index (κ3) is 2.81. The number of anilines is 1. The summed E-state index contributed by atoms with van der Waals surface area (Å²) >= 11 is 0. The number of nitriles is 1. The summed E-state index contributed by atoms with van der Waals surface area (Å²) in [6.45, 7) is 3.92.